The molecule has 0 radical (unpaired) electrons. The number of piperidine rings is 2. The highest BCUT2D eigenvalue weighted by Gasteiger charge is 2.32. The van der Waals surface area contributed by atoms with Gasteiger partial charge in [-0.1, -0.05) is 13.8 Å². The Morgan fingerprint density at radius 3 is 2.27 bits per heavy atom. The Hall–Kier alpha value is -0.770. The van der Waals surface area contributed by atoms with Gasteiger partial charge in [0.1, 0.15) is 5.60 Å². The second kappa shape index (κ2) is 7.20. The zero-order valence-corrected chi connectivity index (χ0v) is 15.1. The molecule has 0 aromatic heterocycles. The van der Waals surface area contributed by atoms with Crippen LogP contribution in [0.2, 0.25) is 0 Å². The lowest BCUT2D eigenvalue weighted by Crippen LogP contribution is -2.50. The van der Waals surface area contributed by atoms with E-state index in [1.165, 1.54) is 25.9 Å². The number of rotatable bonds is 2. The highest BCUT2D eigenvalue weighted by atomic mass is 16.6. The summed E-state index contributed by atoms with van der Waals surface area (Å²) < 4.78 is 5.48. The maximum absolute atomic E-state index is 12.1. The van der Waals surface area contributed by atoms with Crippen molar-refractivity contribution >= 4 is 6.09 Å². The van der Waals surface area contributed by atoms with Crippen LogP contribution >= 0.6 is 0 Å². The summed E-state index contributed by atoms with van der Waals surface area (Å²) in [6, 6.07) is 0.653. The van der Waals surface area contributed by atoms with Crippen molar-refractivity contribution in [3.05, 3.63) is 0 Å². The number of hydrogen-bond donors (Lipinski definition) is 0. The first-order chi connectivity index (χ1) is 10.3. The van der Waals surface area contributed by atoms with Gasteiger partial charge < -0.3 is 9.64 Å². The van der Waals surface area contributed by atoms with Crippen molar-refractivity contribution < 1.29 is 9.53 Å². The quantitative estimate of drug-likeness (QED) is 0.778. The molecule has 2 saturated heterocycles. The SMILES string of the molecule is CC(C)[C@H]1CCCN(C2CCN(C(=O)OC(C)(C)C)CC2)C1. The summed E-state index contributed by atoms with van der Waals surface area (Å²) in [4.78, 5) is 16.7. The lowest BCUT2D eigenvalue weighted by molar-refractivity contribution is 0.00973. The molecule has 0 N–H and O–H groups in total. The lowest BCUT2D eigenvalue weighted by atomic mass is 9.86. The number of likely N-dealkylation sites (tertiary alicyclic amines) is 2. The lowest BCUT2D eigenvalue weighted by Gasteiger charge is -2.43. The zero-order valence-electron chi connectivity index (χ0n) is 15.1. The summed E-state index contributed by atoms with van der Waals surface area (Å²) in [5, 5.41) is 0. The van der Waals surface area contributed by atoms with E-state index in [0.717, 1.165) is 37.8 Å². The van der Waals surface area contributed by atoms with Gasteiger partial charge in [-0.2, -0.15) is 0 Å². The third-order valence-electron chi connectivity index (χ3n) is 5.06. The zero-order chi connectivity index (χ0) is 16.3. The first-order valence-electron chi connectivity index (χ1n) is 8.98. The molecule has 0 aliphatic carbocycles. The monoisotopic (exact) mass is 310 g/mol. The largest absolute Gasteiger partial charge is 0.444 e. The standard InChI is InChI=1S/C18H34N2O2/c1-14(2)15-7-6-10-20(13-15)16-8-11-19(12-9-16)17(21)22-18(3,4)5/h14-16H,6-13H2,1-5H3/t15-/m0/s1. The van der Waals surface area contributed by atoms with Gasteiger partial charge in [-0.25, -0.2) is 4.79 Å². The Labute approximate surface area is 136 Å². The number of hydrogen-bond acceptors (Lipinski definition) is 3. The molecule has 22 heavy (non-hydrogen) atoms. The van der Waals surface area contributed by atoms with E-state index in [1.807, 2.05) is 25.7 Å². The van der Waals surface area contributed by atoms with E-state index in [9.17, 15) is 4.79 Å². The number of carbonyl (C=O) groups is 1. The number of ether oxygens (including phenoxy) is 1. The van der Waals surface area contributed by atoms with E-state index in [2.05, 4.69) is 18.7 Å². The first kappa shape index (κ1) is 17.6. The molecule has 0 spiro atoms. The van der Waals surface area contributed by atoms with Gasteiger partial charge in [-0.15, -0.1) is 0 Å². The molecule has 0 unspecified atom stereocenters. The van der Waals surface area contributed by atoms with Crippen LogP contribution in [0.5, 0.6) is 0 Å². The van der Waals surface area contributed by atoms with Gasteiger partial charge in [-0.3, -0.25) is 4.90 Å². The first-order valence-corrected chi connectivity index (χ1v) is 8.98. The molecule has 1 atom stereocenters. The molecule has 4 heteroatoms. The van der Waals surface area contributed by atoms with Crippen molar-refractivity contribution in [3.8, 4) is 0 Å². The van der Waals surface area contributed by atoms with Gasteiger partial charge in [0, 0.05) is 25.7 Å². The van der Waals surface area contributed by atoms with E-state index in [1.54, 1.807) is 0 Å². The molecular formula is C18H34N2O2. The van der Waals surface area contributed by atoms with Crippen LogP contribution in [0, 0.1) is 11.8 Å². The van der Waals surface area contributed by atoms with E-state index < -0.39 is 5.60 Å². The molecular weight excluding hydrogens is 276 g/mol. The molecule has 0 saturated carbocycles. The summed E-state index contributed by atoms with van der Waals surface area (Å²) in [6.45, 7) is 14.6. The fraction of sp³-hybridized carbons (Fsp3) is 0.944. The molecule has 4 nitrogen and oxygen atoms in total. The van der Waals surface area contributed by atoms with Gasteiger partial charge in [0.2, 0.25) is 0 Å². The van der Waals surface area contributed by atoms with Crippen LogP contribution in [0.15, 0.2) is 0 Å². The molecule has 2 rings (SSSR count). The number of nitrogens with zero attached hydrogens (tertiary/aromatic N) is 2. The van der Waals surface area contributed by atoms with Crippen molar-refractivity contribution in [2.45, 2.75) is 71.9 Å². The van der Waals surface area contributed by atoms with Crippen molar-refractivity contribution in [1.29, 1.82) is 0 Å². The fourth-order valence-electron chi connectivity index (χ4n) is 3.66. The van der Waals surface area contributed by atoms with Crippen LogP contribution in [0.1, 0.15) is 60.3 Å². The Kier molecular flexibility index (Phi) is 5.76. The minimum atomic E-state index is -0.398. The van der Waals surface area contributed by atoms with E-state index in [-0.39, 0.29) is 6.09 Å². The van der Waals surface area contributed by atoms with Crippen LogP contribution in [-0.4, -0.2) is 53.7 Å². The van der Waals surface area contributed by atoms with Crippen LogP contribution in [0.3, 0.4) is 0 Å². The Morgan fingerprint density at radius 2 is 1.73 bits per heavy atom. The molecule has 2 aliphatic rings. The highest BCUT2D eigenvalue weighted by molar-refractivity contribution is 5.68. The topological polar surface area (TPSA) is 32.8 Å². The molecule has 2 heterocycles. The smallest absolute Gasteiger partial charge is 0.410 e. The second-order valence-corrected chi connectivity index (χ2v) is 8.34. The summed E-state index contributed by atoms with van der Waals surface area (Å²) >= 11 is 0. The van der Waals surface area contributed by atoms with Gasteiger partial charge >= 0.3 is 6.09 Å². The fourth-order valence-corrected chi connectivity index (χ4v) is 3.66. The summed E-state index contributed by atoms with van der Waals surface area (Å²) in [5.74, 6) is 1.63. The molecule has 2 fully saturated rings. The molecule has 0 bridgehead atoms. The molecule has 0 aromatic carbocycles. The molecule has 2 aliphatic heterocycles. The molecule has 128 valence electrons. The summed E-state index contributed by atoms with van der Waals surface area (Å²) in [7, 11) is 0. The van der Waals surface area contributed by atoms with Crippen molar-refractivity contribution in [2.75, 3.05) is 26.2 Å². The Morgan fingerprint density at radius 1 is 1.09 bits per heavy atom. The molecule has 0 aromatic rings. The minimum Gasteiger partial charge on any atom is -0.444 e. The number of carbonyl (C=O) groups excluding carboxylic acids is 1. The van der Waals surface area contributed by atoms with Crippen LogP contribution in [-0.2, 0) is 4.74 Å². The summed E-state index contributed by atoms with van der Waals surface area (Å²) in [5.41, 5.74) is -0.398. The van der Waals surface area contributed by atoms with E-state index in [0.29, 0.717) is 6.04 Å². The van der Waals surface area contributed by atoms with E-state index in [4.69, 9.17) is 4.74 Å². The third kappa shape index (κ3) is 4.87. The normalized spacial score (nSPS) is 25.5. The van der Waals surface area contributed by atoms with Crippen LogP contribution in [0.25, 0.3) is 0 Å². The number of amides is 1. The van der Waals surface area contributed by atoms with E-state index >= 15 is 0 Å². The average Bonchev–Trinajstić information content (AvgIpc) is 2.46. The molecule has 1 amide bonds. The van der Waals surface area contributed by atoms with Gasteiger partial charge in [-0.05, 0) is 64.8 Å². The second-order valence-electron chi connectivity index (χ2n) is 8.34. The predicted molar refractivity (Wildman–Crippen MR) is 90.0 cm³/mol. The maximum Gasteiger partial charge on any atom is 0.410 e. The average molecular weight is 310 g/mol. The maximum atomic E-state index is 12.1. The van der Waals surface area contributed by atoms with Crippen molar-refractivity contribution in [2.24, 2.45) is 11.8 Å². The van der Waals surface area contributed by atoms with Crippen molar-refractivity contribution in [1.82, 2.24) is 9.80 Å². The van der Waals surface area contributed by atoms with Crippen LogP contribution in [0.4, 0.5) is 4.79 Å². The van der Waals surface area contributed by atoms with Crippen molar-refractivity contribution in [3.63, 3.8) is 0 Å². The Balaban J connectivity index is 1.80. The predicted octanol–water partition coefficient (Wildman–Crippen LogP) is 3.75. The minimum absolute atomic E-state index is 0.148. The highest BCUT2D eigenvalue weighted by Crippen LogP contribution is 2.28. The summed E-state index contributed by atoms with van der Waals surface area (Å²) in [6.07, 6.45) is 4.73. The Bertz CT molecular complexity index is 368. The van der Waals surface area contributed by atoms with Gasteiger partial charge in [0.05, 0.1) is 0 Å². The van der Waals surface area contributed by atoms with Crippen LogP contribution < -0.4 is 0 Å². The van der Waals surface area contributed by atoms with Gasteiger partial charge in [0.15, 0.2) is 0 Å². The third-order valence-corrected chi connectivity index (χ3v) is 5.06. The van der Waals surface area contributed by atoms with Gasteiger partial charge in [0.25, 0.3) is 0 Å².